The molecule has 0 spiro atoms. The summed E-state index contributed by atoms with van der Waals surface area (Å²) in [5, 5.41) is 3.42. The van der Waals surface area contributed by atoms with Crippen molar-refractivity contribution in [2.24, 2.45) is 4.99 Å². The molecule has 0 aliphatic rings. The number of aliphatic imine (C=N–C) groups is 1. The van der Waals surface area contributed by atoms with Crippen molar-refractivity contribution < 1.29 is 4.39 Å². The van der Waals surface area contributed by atoms with Gasteiger partial charge in [0.2, 0.25) is 0 Å². The number of halogens is 2. The summed E-state index contributed by atoms with van der Waals surface area (Å²) in [5.74, 6) is 0.567. The number of hydrogen-bond donors (Lipinski definition) is 1. The molecule has 0 aliphatic carbocycles. The molecule has 0 aliphatic heterocycles. The Morgan fingerprint density at radius 2 is 1.77 bits per heavy atom. The van der Waals surface area contributed by atoms with Gasteiger partial charge in [0.15, 0.2) is 5.96 Å². The van der Waals surface area contributed by atoms with Crippen LogP contribution in [0, 0.1) is 5.82 Å². The highest BCUT2D eigenvalue weighted by Crippen LogP contribution is 2.16. The molecule has 0 fully saturated rings. The molecule has 142 valence electrons. The van der Waals surface area contributed by atoms with Gasteiger partial charge in [-0.15, -0.1) is 24.0 Å². The van der Waals surface area contributed by atoms with E-state index in [1.165, 1.54) is 11.6 Å². The number of benzene rings is 2. The van der Waals surface area contributed by atoms with Gasteiger partial charge in [-0.05, 0) is 37.4 Å². The number of hydrogen-bond acceptors (Lipinski definition) is 2. The maximum Gasteiger partial charge on any atom is 0.193 e. The molecule has 0 bridgehead atoms. The molecular weight excluding hydrogens is 442 g/mol. The summed E-state index contributed by atoms with van der Waals surface area (Å²) in [4.78, 5) is 8.53. The maximum atomic E-state index is 13.4. The van der Waals surface area contributed by atoms with E-state index >= 15 is 0 Å². The summed E-state index contributed by atoms with van der Waals surface area (Å²) >= 11 is 0. The summed E-state index contributed by atoms with van der Waals surface area (Å²) in [6.07, 6.45) is 0. The second-order valence-electron chi connectivity index (χ2n) is 6.30. The topological polar surface area (TPSA) is 30.9 Å². The molecule has 0 amide bonds. The van der Waals surface area contributed by atoms with Gasteiger partial charge < -0.3 is 15.1 Å². The molecule has 0 saturated carbocycles. The average molecular weight is 470 g/mol. The van der Waals surface area contributed by atoms with Crippen molar-refractivity contribution in [1.82, 2.24) is 15.1 Å². The number of rotatable bonds is 6. The van der Waals surface area contributed by atoms with Crippen LogP contribution in [0.2, 0.25) is 0 Å². The van der Waals surface area contributed by atoms with E-state index in [1.54, 1.807) is 19.2 Å². The van der Waals surface area contributed by atoms with Gasteiger partial charge in [-0.2, -0.15) is 0 Å². The minimum Gasteiger partial charge on any atom is -0.354 e. The highest BCUT2D eigenvalue weighted by atomic mass is 127. The highest BCUT2D eigenvalue weighted by Gasteiger charge is 2.15. The van der Waals surface area contributed by atoms with Gasteiger partial charge in [-0.1, -0.05) is 42.5 Å². The molecule has 2 rings (SSSR count). The fraction of sp³-hybridized carbons (Fsp3) is 0.350. The lowest BCUT2D eigenvalue weighted by atomic mass is 10.1. The van der Waals surface area contributed by atoms with Crippen LogP contribution in [0.25, 0.3) is 0 Å². The van der Waals surface area contributed by atoms with E-state index < -0.39 is 0 Å². The Bertz CT molecular complexity index is 691. The molecule has 0 heterocycles. The van der Waals surface area contributed by atoms with E-state index in [1.807, 2.05) is 24.1 Å². The lowest BCUT2D eigenvalue weighted by Gasteiger charge is -2.28. The Morgan fingerprint density at radius 3 is 2.35 bits per heavy atom. The van der Waals surface area contributed by atoms with Gasteiger partial charge in [0.1, 0.15) is 5.82 Å². The monoisotopic (exact) mass is 470 g/mol. The minimum absolute atomic E-state index is 0. The van der Waals surface area contributed by atoms with Crippen LogP contribution in [0.1, 0.15) is 17.2 Å². The predicted molar refractivity (Wildman–Crippen MR) is 118 cm³/mol. The van der Waals surface area contributed by atoms with Crippen LogP contribution < -0.4 is 5.32 Å². The van der Waals surface area contributed by atoms with Crippen LogP contribution in [0.15, 0.2) is 59.6 Å². The van der Waals surface area contributed by atoms with Crippen LogP contribution in [0.5, 0.6) is 0 Å². The first-order valence-electron chi connectivity index (χ1n) is 8.39. The quantitative estimate of drug-likeness (QED) is 0.397. The van der Waals surface area contributed by atoms with Gasteiger partial charge in [0.25, 0.3) is 0 Å². The van der Waals surface area contributed by atoms with Gasteiger partial charge in [-0.3, -0.25) is 4.99 Å². The van der Waals surface area contributed by atoms with Crippen molar-refractivity contribution in [3.05, 3.63) is 71.5 Å². The lowest BCUT2D eigenvalue weighted by molar-refractivity contribution is 0.295. The van der Waals surface area contributed by atoms with E-state index in [2.05, 4.69) is 53.6 Å². The van der Waals surface area contributed by atoms with Gasteiger partial charge in [-0.25, -0.2) is 4.39 Å². The van der Waals surface area contributed by atoms with E-state index in [9.17, 15) is 4.39 Å². The van der Waals surface area contributed by atoms with E-state index in [-0.39, 0.29) is 35.8 Å². The molecule has 0 aromatic heterocycles. The van der Waals surface area contributed by atoms with Gasteiger partial charge in [0.05, 0.1) is 6.04 Å². The minimum atomic E-state index is -0.217. The molecule has 2 aromatic rings. The molecule has 6 heteroatoms. The van der Waals surface area contributed by atoms with Crippen LogP contribution >= 0.6 is 24.0 Å². The summed E-state index contributed by atoms with van der Waals surface area (Å²) in [7, 11) is 7.85. The largest absolute Gasteiger partial charge is 0.354 e. The summed E-state index contributed by atoms with van der Waals surface area (Å²) < 4.78 is 13.4. The zero-order valence-electron chi connectivity index (χ0n) is 15.8. The van der Waals surface area contributed by atoms with Crippen molar-refractivity contribution in [3.8, 4) is 0 Å². The van der Waals surface area contributed by atoms with Gasteiger partial charge in [0, 0.05) is 27.2 Å². The smallest absolute Gasteiger partial charge is 0.193 e. The maximum absolute atomic E-state index is 13.4. The Kier molecular flexibility index (Phi) is 9.58. The second kappa shape index (κ2) is 11.1. The standard InChI is InChI=1S/C20H27FN4.HI/c1-22-20(25(4)15-16-9-8-12-18(21)13-16)23-14-19(24(2)3)17-10-6-5-7-11-17;/h5-13,19H,14-15H2,1-4H3,(H,22,23);1H. The molecule has 4 nitrogen and oxygen atoms in total. The van der Waals surface area contributed by atoms with E-state index in [4.69, 9.17) is 0 Å². The highest BCUT2D eigenvalue weighted by molar-refractivity contribution is 14.0. The van der Waals surface area contributed by atoms with Crippen LogP contribution in [0.3, 0.4) is 0 Å². The third-order valence-electron chi connectivity index (χ3n) is 4.14. The molecule has 0 radical (unpaired) electrons. The molecular formula is C20H28FIN4. The summed E-state index contributed by atoms with van der Waals surface area (Å²) in [5.41, 5.74) is 2.17. The predicted octanol–water partition coefficient (Wildman–Crippen LogP) is 3.75. The van der Waals surface area contributed by atoms with Crippen molar-refractivity contribution in [1.29, 1.82) is 0 Å². The van der Waals surface area contributed by atoms with E-state index in [0.717, 1.165) is 18.1 Å². The number of likely N-dealkylation sites (N-methyl/N-ethyl adjacent to an activating group) is 1. The first-order chi connectivity index (χ1) is 12.0. The van der Waals surface area contributed by atoms with Gasteiger partial charge >= 0.3 is 0 Å². The normalized spacial score (nSPS) is 12.5. The Hall–Kier alpha value is -1.67. The van der Waals surface area contributed by atoms with Crippen molar-refractivity contribution in [2.45, 2.75) is 12.6 Å². The molecule has 2 aromatic carbocycles. The zero-order chi connectivity index (χ0) is 18.2. The molecule has 0 saturated heterocycles. The third-order valence-corrected chi connectivity index (χ3v) is 4.14. The second-order valence-corrected chi connectivity index (χ2v) is 6.30. The zero-order valence-corrected chi connectivity index (χ0v) is 18.1. The number of nitrogens with zero attached hydrogens (tertiary/aromatic N) is 3. The first kappa shape index (κ1) is 22.4. The lowest BCUT2D eigenvalue weighted by Crippen LogP contribution is -2.42. The average Bonchev–Trinajstić information content (AvgIpc) is 2.59. The molecule has 1 unspecified atom stereocenters. The van der Waals surface area contributed by atoms with Crippen molar-refractivity contribution >= 4 is 29.9 Å². The van der Waals surface area contributed by atoms with Crippen LogP contribution in [0.4, 0.5) is 4.39 Å². The van der Waals surface area contributed by atoms with Crippen molar-refractivity contribution in [3.63, 3.8) is 0 Å². The van der Waals surface area contributed by atoms with E-state index in [0.29, 0.717) is 6.54 Å². The van der Waals surface area contributed by atoms with Crippen LogP contribution in [-0.4, -0.2) is 50.5 Å². The fourth-order valence-corrected chi connectivity index (χ4v) is 2.83. The number of guanidine groups is 1. The van der Waals surface area contributed by atoms with Crippen LogP contribution in [-0.2, 0) is 6.54 Å². The molecule has 1 atom stereocenters. The summed E-state index contributed by atoms with van der Waals surface area (Å²) in [6.45, 7) is 1.33. The van der Waals surface area contributed by atoms with Crippen molar-refractivity contribution in [2.75, 3.05) is 34.7 Å². The summed E-state index contributed by atoms with van der Waals surface area (Å²) in [6, 6.07) is 17.3. The molecule has 26 heavy (non-hydrogen) atoms. The fourth-order valence-electron chi connectivity index (χ4n) is 2.83. The Labute approximate surface area is 173 Å². The molecule has 1 N–H and O–H groups in total. The first-order valence-corrected chi connectivity index (χ1v) is 8.39. The Morgan fingerprint density at radius 1 is 1.08 bits per heavy atom. The Balaban J connectivity index is 0.00000338. The third kappa shape index (κ3) is 6.57. The SMILES string of the molecule is CN=C(NCC(c1ccccc1)N(C)C)N(C)Cc1cccc(F)c1.I. The number of nitrogens with one attached hydrogen (secondary N) is 1.